The fourth-order valence-corrected chi connectivity index (χ4v) is 4.22. The highest BCUT2D eigenvalue weighted by atomic mass is 32.2. The molecule has 0 atom stereocenters. The average Bonchev–Trinajstić information content (AvgIpc) is 3.38. The molecule has 0 saturated heterocycles. The number of amides is 1. The first-order valence-electron chi connectivity index (χ1n) is 11.4. The Kier molecular flexibility index (Phi) is 8.42. The number of hydrogen-bond acceptors (Lipinski definition) is 8. The fraction of sp³-hybridized carbons (Fsp3) is 0.185. The summed E-state index contributed by atoms with van der Waals surface area (Å²) in [6.07, 6.45) is 0. The van der Waals surface area contributed by atoms with Crippen LogP contribution < -0.4 is 19.6 Å². The number of hydrogen-bond donors (Lipinski definition) is 1. The fourth-order valence-electron chi connectivity index (χ4n) is 3.48. The third-order valence-electron chi connectivity index (χ3n) is 5.48. The Balaban J connectivity index is 1.53. The van der Waals surface area contributed by atoms with E-state index in [4.69, 9.17) is 14.2 Å². The number of nitrogens with zero attached hydrogens (tertiary/aromatic N) is 4. The molecular weight excluding hydrogens is 490 g/mol. The second kappa shape index (κ2) is 12.1. The molecule has 190 valence electrons. The summed E-state index contributed by atoms with van der Waals surface area (Å²) in [5.41, 5.74) is 5.84. The van der Waals surface area contributed by atoms with Gasteiger partial charge in [0.1, 0.15) is 17.2 Å². The van der Waals surface area contributed by atoms with Gasteiger partial charge in [0.05, 0.1) is 32.8 Å². The zero-order chi connectivity index (χ0) is 26.2. The summed E-state index contributed by atoms with van der Waals surface area (Å²) in [5.74, 6) is 2.69. The lowest BCUT2D eigenvalue weighted by Crippen LogP contribution is -2.21. The standard InChI is InChI=1S/C27H27N5O4S/c1-18(20-6-5-7-24(16-20)36-4)28-29-25(33)17-37-27-31-30-26(19-8-12-22(34-2)13-9-19)32(27)21-10-14-23(35-3)15-11-21/h5-16H,17H2,1-4H3,(H,29,33)/b28-18-. The molecule has 0 aliphatic heterocycles. The summed E-state index contributed by atoms with van der Waals surface area (Å²) in [6, 6.07) is 22.6. The van der Waals surface area contributed by atoms with E-state index in [1.165, 1.54) is 11.8 Å². The number of carbonyl (C=O) groups excluding carboxylic acids is 1. The third-order valence-corrected chi connectivity index (χ3v) is 6.41. The minimum Gasteiger partial charge on any atom is -0.497 e. The molecule has 0 saturated carbocycles. The minimum absolute atomic E-state index is 0.103. The predicted octanol–water partition coefficient (Wildman–Crippen LogP) is 4.59. The number of carbonyl (C=O) groups is 1. The van der Waals surface area contributed by atoms with Crippen LogP contribution in [0.2, 0.25) is 0 Å². The van der Waals surface area contributed by atoms with Crippen molar-refractivity contribution in [1.82, 2.24) is 20.2 Å². The minimum atomic E-state index is -0.262. The lowest BCUT2D eigenvalue weighted by Gasteiger charge is -2.11. The number of ether oxygens (including phenoxy) is 3. The number of rotatable bonds is 10. The Bertz CT molecular complexity index is 1380. The number of nitrogens with one attached hydrogen (secondary N) is 1. The smallest absolute Gasteiger partial charge is 0.250 e. The highest BCUT2D eigenvalue weighted by molar-refractivity contribution is 7.99. The lowest BCUT2D eigenvalue weighted by atomic mass is 10.1. The first-order chi connectivity index (χ1) is 18.0. The third kappa shape index (κ3) is 6.28. The van der Waals surface area contributed by atoms with Gasteiger partial charge in [-0.15, -0.1) is 10.2 Å². The van der Waals surface area contributed by atoms with Gasteiger partial charge in [-0.2, -0.15) is 5.10 Å². The molecule has 0 unspecified atom stereocenters. The molecular formula is C27H27N5O4S. The summed E-state index contributed by atoms with van der Waals surface area (Å²) in [4.78, 5) is 12.6. The largest absolute Gasteiger partial charge is 0.497 e. The molecule has 37 heavy (non-hydrogen) atoms. The summed E-state index contributed by atoms with van der Waals surface area (Å²) in [5, 5.41) is 13.6. The molecule has 0 spiro atoms. The maximum Gasteiger partial charge on any atom is 0.250 e. The molecule has 1 heterocycles. The highest BCUT2D eigenvalue weighted by Gasteiger charge is 2.18. The van der Waals surface area contributed by atoms with Crippen molar-refractivity contribution in [3.8, 4) is 34.3 Å². The molecule has 3 aromatic carbocycles. The van der Waals surface area contributed by atoms with Crippen LogP contribution in [-0.2, 0) is 4.79 Å². The van der Waals surface area contributed by atoms with E-state index in [1.807, 2.05) is 84.3 Å². The first kappa shape index (κ1) is 25.8. The van der Waals surface area contributed by atoms with Crippen molar-refractivity contribution in [3.63, 3.8) is 0 Å². The van der Waals surface area contributed by atoms with Crippen molar-refractivity contribution < 1.29 is 19.0 Å². The predicted molar refractivity (Wildman–Crippen MR) is 144 cm³/mol. The molecule has 10 heteroatoms. The molecule has 1 N–H and O–H groups in total. The zero-order valence-electron chi connectivity index (χ0n) is 21.0. The maximum absolute atomic E-state index is 12.6. The maximum atomic E-state index is 12.6. The van der Waals surface area contributed by atoms with Crippen LogP contribution in [0.5, 0.6) is 17.2 Å². The Morgan fingerprint density at radius 2 is 1.54 bits per heavy atom. The van der Waals surface area contributed by atoms with Crippen LogP contribution in [0.25, 0.3) is 17.1 Å². The molecule has 9 nitrogen and oxygen atoms in total. The first-order valence-corrected chi connectivity index (χ1v) is 12.4. The van der Waals surface area contributed by atoms with Crippen molar-refractivity contribution in [2.24, 2.45) is 5.10 Å². The highest BCUT2D eigenvalue weighted by Crippen LogP contribution is 2.29. The molecule has 4 aromatic rings. The summed E-state index contributed by atoms with van der Waals surface area (Å²) in [7, 11) is 4.85. The van der Waals surface area contributed by atoms with Gasteiger partial charge in [0, 0.05) is 16.8 Å². The van der Waals surface area contributed by atoms with Crippen molar-refractivity contribution in [1.29, 1.82) is 0 Å². The van der Waals surface area contributed by atoms with Crippen LogP contribution in [0, 0.1) is 0 Å². The van der Waals surface area contributed by atoms with Gasteiger partial charge in [-0.1, -0.05) is 23.9 Å². The molecule has 0 radical (unpaired) electrons. The van der Waals surface area contributed by atoms with Crippen molar-refractivity contribution in [2.45, 2.75) is 12.1 Å². The SMILES string of the molecule is COc1ccc(-c2nnc(SCC(=O)N/N=C(/C)c3cccc(OC)c3)n2-c2ccc(OC)cc2)cc1. The van der Waals surface area contributed by atoms with E-state index in [0.29, 0.717) is 16.7 Å². The number of benzene rings is 3. The van der Waals surface area contributed by atoms with Crippen LogP contribution in [0.1, 0.15) is 12.5 Å². The molecule has 1 amide bonds. The van der Waals surface area contributed by atoms with E-state index in [9.17, 15) is 4.79 Å². The van der Waals surface area contributed by atoms with E-state index in [1.54, 1.807) is 21.3 Å². The average molecular weight is 518 g/mol. The Hall–Kier alpha value is -4.31. The molecule has 0 aliphatic rings. The van der Waals surface area contributed by atoms with Crippen LogP contribution in [-0.4, -0.2) is 53.5 Å². The van der Waals surface area contributed by atoms with E-state index in [-0.39, 0.29) is 11.7 Å². The molecule has 0 fully saturated rings. The number of methoxy groups -OCH3 is 3. The van der Waals surface area contributed by atoms with Gasteiger partial charge < -0.3 is 14.2 Å². The van der Waals surface area contributed by atoms with E-state index < -0.39 is 0 Å². The van der Waals surface area contributed by atoms with Crippen molar-refractivity contribution >= 4 is 23.4 Å². The summed E-state index contributed by atoms with van der Waals surface area (Å²) < 4.78 is 17.7. The molecule has 4 rings (SSSR count). The quantitative estimate of drug-likeness (QED) is 0.187. The summed E-state index contributed by atoms with van der Waals surface area (Å²) in [6.45, 7) is 1.82. The molecule has 0 bridgehead atoms. The van der Waals surface area contributed by atoms with Gasteiger partial charge in [-0.25, -0.2) is 5.43 Å². The Morgan fingerprint density at radius 1 is 0.892 bits per heavy atom. The number of thioether (sulfide) groups is 1. The van der Waals surface area contributed by atoms with E-state index >= 15 is 0 Å². The number of hydrazone groups is 1. The zero-order valence-corrected chi connectivity index (χ0v) is 21.8. The Labute approximate surface area is 219 Å². The van der Waals surface area contributed by atoms with Crippen LogP contribution in [0.3, 0.4) is 0 Å². The van der Waals surface area contributed by atoms with Crippen LogP contribution >= 0.6 is 11.8 Å². The van der Waals surface area contributed by atoms with Gasteiger partial charge in [0.25, 0.3) is 5.91 Å². The van der Waals surface area contributed by atoms with E-state index in [2.05, 4.69) is 20.7 Å². The van der Waals surface area contributed by atoms with Gasteiger partial charge in [0.15, 0.2) is 11.0 Å². The Morgan fingerprint density at radius 3 is 2.19 bits per heavy atom. The van der Waals surface area contributed by atoms with Gasteiger partial charge in [-0.05, 0) is 67.6 Å². The van der Waals surface area contributed by atoms with Gasteiger partial charge in [-0.3, -0.25) is 9.36 Å². The number of aromatic nitrogens is 3. The monoisotopic (exact) mass is 517 g/mol. The molecule has 0 aliphatic carbocycles. The lowest BCUT2D eigenvalue weighted by molar-refractivity contribution is -0.118. The van der Waals surface area contributed by atoms with Crippen molar-refractivity contribution in [2.75, 3.05) is 27.1 Å². The van der Waals surface area contributed by atoms with Crippen molar-refractivity contribution in [3.05, 3.63) is 78.4 Å². The summed E-state index contributed by atoms with van der Waals surface area (Å²) >= 11 is 1.27. The molecule has 1 aromatic heterocycles. The van der Waals surface area contributed by atoms with Gasteiger partial charge in [0.2, 0.25) is 0 Å². The van der Waals surface area contributed by atoms with Gasteiger partial charge >= 0.3 is 0 Å². The van der Waals surface area contributed by atoms with Crippen LogP contribution in [0.4, 0.5) is 0 Å². The van der Waals surface area contributed by atoms with E-state index in [0.717, 1.165) is 34.1 Å². The van der Waals surface area contributed by atoms with Crippen LogP contribution in [0.15, 0.2) is 83.1 Å². The second-order valence-electron chi connectivity index (χ2n) is 7.82. The topological polar surface area (TPSA) is 99.9 Å². The second-order valence-corrected chi connectivity index (χ2v) is 8.76. The normalized spacial score (nSPS) is 11.2.